The molecule has 35 heavy (non-hydrogen) atoms. The van der Waals surface area contributed by atoms with Crippen LogP contribution in [0.4, 0.5) is 17.2 Å². The first-order chi connectivity index (χ1) is 17.1. The van der Waals surface area contributed by atoms with Crippen molar-refractivity contribution in [2.24, 2.45) is 0 Å². The van der Waals surface area contributed by atoms with Gasteiger partial charge >= 0.3 is 0 Å². The number of nitrogen functional groups attached to an aromatic ring is 1. The maximum absolute atomic E-state index is 13.2. The molecule has 2 radical (unpaired) electrons. The summed E-state index contributed by atoms with van der Waals surface area (Å²) in [6, 6.07) is 7.70. The van der Waals surface area contributed by atoms with E-state index in [1.54, 1.807) is 18.6 Å². The predicted molar refractivity (Wildman–Crippen MR) is 134 cm³/mol. The first-order valence-corrected chi connectivity index (χ1v) is 11.6. The Labute approximate surface area is 204 Å². The van der Waals surface area contributed by atoms with E-state index in [-0.39, 0.29) is 17.6 Å². The van der Waals surface area contributed by atoms with Crippen molar-refractivity contribution in [2.75, 3.05) is 48.8 Å². The summed E-state index contributed by atoms with van der Waals surface area (Å²) in [5, 5.41) is 5.57. The second-order valence-corrected chi connectivity index (χ2v) is 8.44. The number of hydrogen-bond donors (Lipinski definition) is 3. The molecule has 4 N–H and O–H groups in total. The van der Waals surface area contributed by atoms with Crippen LogP contribution in [-0.2, 0) is 11.2 Å². The Kier molecular flexibility index (Phi) is 6.78. The standard InChI is InChI=1S/C24H26BN7O3/c25-29-12-17-3-1-16-11-15(2-4-21(16)35-17)18-14-28-23(26)22(30-18)24(33)31-19-13-27-6-5-20(19)32-7-9-34-10-8-32/h2,4-6,11,13-14,17,29H,1,3,7-10,12H2,(H2,26,28)(H,31,33). The third kappa shape index (κ3) is 5.05. The van der Waals surface area contributed by atoms with Gasteiger partial charge in [0, 0.05) is 31.4 Å². The Bertz CT molecular complexity index is 1220. The van der Waals surface area contributed by atoms with Crippen LogP contribution in [0.3, 0.4) is 0 Å². The molecule has 2 aliphatic heterocycles. The van der Waals surface area contributed by atoms with Gasteiger partial charge in [-0.25, -0.2) is 9.97 Å². The van der Waals surface area contributed by atoms with E-state index in [1.807, 2.05) is 24.3 Å². The summed E-state index contributed by atoms with van der Waals surface area (Å²) < 4.78 is 11.4. The van der Waals surface area contributed by atoms with E-state index in [2.05, 4.69) is 30.4 Å². The number of aryl methyl sites for hydroxylation is 1. The molecule has 0 aliphatic carbocycles. The third-order valence-corrected chi connectivity index (χ3v) is 6.14. The first-order valence-electron chi connectivity index (χ1n) is 11.6. The van der Waals surface area contributed by atoms with Crippen LogP contribution >= 0.6 is 0 Å². The van der Waals surface area contributed by atoms with Gasteiger partial charge in [0.15, 0.2) is 19.5 Å². The Morgan fingerprint density at radius 3 is 2.91 bits per heavy atom. The fourth-order valence-electron chi connectivity index (χ4n) is 4.33. The van der Waals surface area contributed by atoms with Crippen molar-refractivity contribution in [3.8, 4) is 17.0 Å². The fraction of sp³-hybridized carbons (Fsp3) is 0.333. The highest BCUT2D eigenvalue weighted by atomic mass is 16.5. The normalized spacial score (nSPS) is 17.4. The number of nitrogens with two attached hydrogens (primary N) is 1. The van der Waals surface area contributed by atoms with Gasteiger partial charge in [-0.15, -0.1) is 0 Å². The second kappa shape index (κ2) is 10.3. The minimum absolute atomic E-state index is 0.0415. The van der Waals surface area contributed by atoms with E-state index in [1.165, 1.54) is 0 Å². The molecule has 10 nitrogen and oxygen atoms in total. The molecule has 0 bridgehead atoms. The maximum Gasteiger partial charge on any atom is 0.278 e. The lowest BCUT2D eigenvalue weighted by Crippen LogP contribution is -2.36. The molecule has 1 aromatic carbocycles. The lowest BCUT2D eigenvalue weighted by Gasteiger charge is -2.30. The zero-order valence-corrected chi connectivity index (χ0v) is 19.2. The van der Waals surface area contributed by atoms with Crippen LogP contribution in [0.5, 0.6) is 5.75 Å². The van der Waals surface area contributed by atoms with E-state index >= 15 is 0 Å². The molecule has 1 atom stereocenters. The van der Waals surface area contributed by atoms with Crippen LogP contribution < -0.4 is 25.9 Å². The molecular formula is C24H26BN7O3. The molecule has 0 spiro atoms. The van der Waals surface area contributed by atoms with E-state index in [0.29, 0.717) is 31.1 Å². The number of nitrogens with one attached hydrogen (secondary N) is 2. The lowest BCUT2D eigenvalue weighted by molar-refractivity contribution is 0.102. The molecule has 2 aromatic heterocycles. The topological polar surface area (TPSA) is 128 Å². The van der Waals surface area contributed by atoms with Crippen molar-refractivity contribution < 1.29 is 14.3 Å². The quantitative estimate of drug-likeness (QED) is 0.459. The molecule has 1 amide bonds. The zero-order valence-electron chi connectivity index (χ0n) is 19.2. The summed E-state index contributed by atoms with van der Waals surface area (Å²) in [6.45, 7) is 3.32. The summed E-state index contributed by atoms with van der Waals surface area (Å²) in [5.74, 6) is 0.438. The SMILES string of the molecule is [B]NCC1CCc2cc(-c3cnc(N)c(C(=O)Nc4cnccc4N4CCOCC4)n3)ccc2O1. The van der Waals surface area contributed by atoms with Gasteiger partial charge in [-0.3, -0.25) is 9.78 Å². The minimum atomic E-state index is -0.447. The molecule has 0 saturated carbocycles. The van der Waals surface area contributed by atoms with Crippen LogP contribution in [-0.4, -0.2) is 67.8 Å². The van der Waals surface area contributed by atoms with Crippen molar-refractivity contribution in [1.82, 2.24) is 20.2 Å². The third-order valence-electron chi connectivity index (χ3n) is 6.14. The number of carbonyl (C=O) groups is 1. The molecule has 1 unspecified atom stereocenters. The van der Waals surface area contributed by atoms with Crippen LogP contribution in [0.1, 0.15) is 22.5 Å². The highest BCUT2D eigenvalue weighted by Gasteiger charge is 2.22. The highest BCUT2D eigenvalue weighted by molar-refractivity contribution is 6.07. The number of ether oxygens (including phenoxy) is 2. The Hall–Kier alpha value is -3.70. The monoisotopic (exact) mass is 471 g/mol. The fourth-order valence-corrected chi connectivity index (χ4v) is 4.33. The van der Waals surface area contributed by atoms with Crippen molar-refractivity contribution in [1.29, 1.82) is 0 Å². The smallest absolute Gasteiger partial charge is 0.278 e. The number of nitrogens with zero attached hydrogens (tertiary/aromatic N) is 4. The second-order valence-electron chi connectivity index (χ2n) is 8.44. The average molecular weight is 471 g/mol. The molecule has 178 valence electrons. The number of pyridine rings is 1. The number of rotatable bonds is 6. The van der Waals surface area contributed by atoms with Gasteiger partial charge < -0.3 is 30.7 Å². The number of amides is 1. The van der Waals surface area contributed by atoms with Crippen LogP contribution in [0.15, 0.2) is 42.9 Å². The summed E-state index contributed by atoms with van der Waals surface area (Å²) in [5.41, 5.74) is 10.0. The van der Waals surface area contributed by atoms with Crippen LogP contribution in [0.2, 0.25) is 0 Å². The number of anilines is 3. The number of morpholine rings is 1. The van der Waals surface area contributed by atoms with E-state index in [4.69, 9.17) is 23.2 Å². The van der Waals surface area contributed by atoms with Gasteiger partial charge in [-0.1, -0.05) is 0 Å². The highest BCUT2D eigenvalue weighted by Crippen LogP contribution is 2.32. The summed E-state index contributed by atoms with van der Waals surface area (Å²) >= 11 is 0. The van der Waals surface area contributed by atoms with E-state index in [0.717, 1.165) is 48.5 Å². The summed E-state index contributed by atoms with van der Waals surface area (Å²) in [4.78, 5) is 28.3. The largest absolute Gasteiger partial charge is 0.489 e. The van der Waals surface area contributed by atoms with Crippen LogP contribution in [0.25, 0.3) is 11.3 Å². The Balaban J connectivity index is 1.37. The minimum Gasteiger partial charge on any atom is -0.489 e. The number of aromatic nitrogens is 3. The number of fused-ring (bicyclic) bond motifs is 1. The van der Waals surface area contributed by atoms with Gasteiger partial charge in [-0.05, 0) is 42.7 Å². The predicted octanol–water partition coefficient (Wildman–Crippen LogP) is 1.58. The molecular weight excluding hydrogens is 445 g/mol. The van der Waals surface area contributed by atoms with E-state index in [9.17, 15) is 4.79 Å². The van der Waals surface area contributed by atoms with Crippen molar-refractivity contribution in [2.45, 2.75) is 18.9 Å². The number of carbonyl (C=O) groups excluding carboxylic acids is 1. The molecule has 5 rings (SSSR count). The summed E-state index contributed by atoms with van der Waals surface area (Å²) in [7, 11) is 5.43. The molecule has 4 heterocycles. The first kappa shape index (κ1) is 23.1. The van der Waals surface area contributed by atoms with Crippen molar-refractivity contribution in [3.05, 3.63) is 54.1 Å². The van der Waals surface area contributed by atoms with Crippen molar-refractivity contribution >= 4 is 31.1 Å². The van der Waals surface area contributed by atoms with Gasteiger partial charge in [0.2, 0.25) is 0 Å². The number of hydrogen-bond acceptors (Lipinski definition) is 9. The van der Waals surface area contributed by atoms with Crippen molar-refractivity contribution in [3.63, 3.8) is 0 Å². The van der Waals surface area contributed by atoms with Gasteiger partial charge in [0.05, 0.1) is 42.7 Å². The van der Waals surface area contributed by atoms with E-state index < -0.39 is 5.91 Å². The Morgan fingerprint density at radius 1 is 1.23 bits per heavy atom. The molecule has 3 aromatic rings. The number of benzene rings is 1. The molecule has 1 saturated heterocycles. The molecule has 11 heteroatoms. The summed E-state index contributed by atoms with van der Waals surface area (Å²) in [6.07, 6.45) is 6.65. The lowest BCUT2D eigenvalue weighted by atomic mass is 9.98. The Morgan fingerprint density at radius 2 is 2.09 bits per heavy atom. The average Bonchev–Trinajstić information content (AvgIpc) is 2.89. The van der Waals surface area contributed by atoms with Gasteiger partial charge in [0.1, 0.15) is 11.9 Å². The molecule has 2 aliphatic rings. The zero-order chi connectivity index (χ0) is 24.2. The van der Waals surface area contributed by atoms with Crippen LogP contribution in [0, 0.1) is 0 Å². The van der Waals surface area contributed by atoms with Gasteiger partial charge in [-0.2, -0.15) is 0 Å². The van der Waals surface area contributed by atoms with Gasteiger partial charge in [0.25, 0.3) is 5.91 Å². The maximum atomic E-state index is 13.2. The molecule has 1 fully saturated rings.